The van der Waals surface area contributed by atoms with E-state index in [0.717, 1.165) is 35.8 Å². The number of hydrogen-bond acceptors (Lipinski definition) is 3. The summed E-state index contributed by atoms with van der Waals surface area (Å²) < 4.78 is 6.15. The van der Waals surface area contributed by atoms with Gasteiger partial charge >= 0.3 is 0 Å². The molecular formula is C16H24N2O. The Bertz CT molecular complexity index is 456. The van der Waals surface area contributed by atoms with Crippen LogP contribution in [-0.4, -0.2) is 11.5 Å². The van der Waals surface area contributed by atoms with Gasteiger partial charge in [0, 0.05) is 18.4 Å². The fourth-order valence-electron chi connectivity index (χ4n) is 5.56. The topological polar surface area (TPSA) is 52.0 Å². The van der Waals surface area contributed by atoms with Crippen molar-refractivity contribution in [1.29, 1.82) is 0 Å². The van der Waals surface area contributed by atoms with Gasteiger partial charge in [-0.3, -0.25) is 0 Å². The first-order valence-electron chi connectivity index (χ1n) is 7.85. The average Bonchev–Trinajstić information content (AvgIpc) is 2.70. The number of aromatic nitrogens is 1. The van der Waals surface area contributed by atoms with E-state index >= 15 is 0 Å². The Kier molecular flexibility index (Phi) is 2.57. The van der Waals surface area contributed by atoms with Crippen LogP contribution in [0.25, 0.3) is 0 Å². The quantitative estimate of drug-likeness (QED) is 0.909. The number of rotatable bonds is 3. The predicted molar refractivity (Wildman–Crippen MR) is 73.8 cm³/mol. The monoisotopic (exact) mass is 260 g/mol. The summed E-state index contributed by atoms with van der Waals surface area (Å²) in [6, 6.07) is 0. The lowest BCUT2D eigenvalue weighted by Crippen LogP contribution is -2.48. The summed E-state index contributed by atoms with van der Waals surface area (Å²) in [6.45, 7) is 2.75. The molecule has 4 aliphatic carbocycles. The molecule has 3 heteroatoms. The summed E-state index contributed by atoms with van der Waals surface area (Å²) in [7, 11) is 0. The largest absolute Gasteiger partial charge is 0.445 e. The first-order chi connectivity index (χ1) is 9.18. The van der Waals surface area contributed by atoms with Crippen LogP contribution in [0, 0.1) is 24.7 Å². The van der Waals surface area contributed by atoms with Crippen LogP contribution < -0.4 is 5.73 Å². The molecule has 4 aliphatic rings. The van der Waals surface area contributed by atoms with Gasteiger partial charge in [-0.05, 0) is 63.2 Å². The minimum atomic E-state index is 0.332. The number of aryl methyl sites for hydroxylation is 1. The molecule has 0 spiro atoms. The molecule has 4 bridgehead atoms. The van der Waals surface area contributed by atoms with Crippen LogP contribution in [-0.2, 0) is 11.8 Å². The van der Waals surface area contributed by atoms with E-state index in [1.165, 1.54) is 44.3 Å². The molecule has 0 radical (unpaired) electrons. The fourth-order valence-corrected chi connectivity index (χ4v) is 5.56. The number of nitrogens with two attached hydrogens (primary N) is 1. The lowest BCUT2D eigenvalue weighted by molar-refractivity contribution is -0.0159. The Morgan fingerprint density at radius 3 is 2.26 bits per heavy atom. The van der Waals surface area contributed by atoms with Crippen molar-refractivity contribution in [3.8, 4) is 0 Å². The molecule has 104 valence electrons. The van der Waals surface area contributed by atoms with Gasteiger partial charge in [-0.15, -0.1) is 0 Å². The summed E-state index contributed by atoms with van der Waals surface area (Å²) in [4.78, 5) is 4.61. The van der Waals surface area contributed by atoms with Crippen molar-refractivity contribution < 1.29 is 4.42 Å². The minimum absolute atomic E-state index is 0.332. The number of nitrogens with zero attached hydrogens (tertiary/aromatic N) is 1. The zero-order valence-electron chi connectivity index (χ0n) is 11.8. The van der Waals surface area contributed by atoms with Crippen molar-refractivity contribution in [3.05, 3.63) is 17.3 Å². The third-order valence-electron chi connectivity index (χ3n) is 5.72. The first-order valence-corrected chi connectivity index (χ1v) is 7.85. The van der Waals surface area contributed by atoms with Gasteiger partial charge in [0.1, 0.15) is 5.76 Å². The Balaban J connectivity index is 1.71. The van der Waals surface area contributed by atoms with E-state index in [1.807, 2.05) is 0 Å². The molecule has 1 aromatic heterocycles. The molecule has 5 rings (SSSR count). The number of hydrogen-bond donors (Lipinski definition) is 1. The lowest BCUT2D eigenvalue weighted by atomic mass is 9.49. The zero-order chi connectivity index (χ0) is 13.0. The highest BCUT2D eigenvalue weighted by atomic mass is 16.4. The van der Waals surface area contributed by atoms with Crippen LogP contribution in [0.4, 0.5) is 0 Å². The molecule has 3 nitrogen and oxygen atoms in total. The van der Waals surface area contributed by atoms with Crippen LogP contribution >= 0.6 is 0 Å². The SMILES string of the molecule is Cc1nc(CCN)oc1C12CC3CC(CC(C3)C1)C2. The summed E-state index contributed by atoms with van der Waals surface area (Å²) in [5.74, 6) is 4.93. The summed E-state index contributed by atoms with van der Waals surface area (Å²) in [5, 5.41) is 0. The Morgan fingerprint density at radius 1 is 1.16 bits per heavy atom. The standard InChI is InChI=1S/C16H24N2O/c1-10-15(19-14(18-10)2-3-17)16-7-11-4-12(8-16)6-13(5-11)9-16/h11-13H,2-9,17H2,1H3. The van der Waals surface area contributed by atoms with E-state index in [2.05, 4.69) is 11.9 Å². The molecule has 1 heterocycles. The molecule has 1 aromatic rings. The van der Waals surface area contributed by atoms with Gasteiger partial charge in [-0.2, -0.15) is 0 Å². The highest BCUT2D eigenvalue weighted by Crippen LogP contribution is 2.61. The van der Waals surface area contributed by atoms with E-state index in [0.29, 0.717) is 12.0 Å². The zero-order valence-corrected chi connectivity index (χ0v) is 11.8. The molecule has 0 saturated heterocycles. The molecule has 0 unspecified atom stereocenters. The van der Waals surface area contributed by atoms with Crippen molar-refractivity contribution >= 4 is 0 Å². The van der Waals surface area contributed by atoms with Crippen molar-refractivity contribution in [2.24, 2.45) is 23.5 Å². The lowest BCUT2D eigenvalue weighted by Gasteiger charge is -2.55. The van der Waals surface area contributed by atoms with Crippen molar-refractivity contribution in [2.75, 3.05) is 6.54 Å². The fraction of sp³-hybridized carbons (Fsp3) is 0.812. The Labute approximate surface area is 115 Å². The highest BCUT2D eigenvalue weighted by Gasteiger charge is 2.53. The molecule has 19 heavy (non-hydrogen) atoms. The van der Waals surface area contributed by atoms with Crippen LogP contribution in [0.5, 0.6) is 0 Å². The first kappa shape index (κ1) is 12.0. The second kappa shape index (κ2) is 4.08. The molecule has 0 amide bonds. The van der Waals surface area contributed by atoms with Crippen LogP contribution in [0.15, 0.2) is 4.42 Å². The van der Waals surface area contributed by atoms with Gasteiger partial charge < -0.3 is 10.2 Å². The summed E-state index contributed by atoms with van der Waals surface area (Å²) in [5.41, 5.74) is 7.09. The molecule has 0 atom stereocenters. The number of oxazole rings is 1. The third-order valence-corrected chi connectivity index (χ3v) is 5.72. The molecule has 4 fully saturated rings. The van der Waals surface area contributed by atoms with Gasteiger partial charge in [-0.25, -0.2) is 4.98 Å². The summed E-state index contributed by atoms with van der Waals surface area (Å²) >= 11 is 0. The maximum absolute atomic E-state index is 6.15. The summed E-state index contributed by atoms with van der Waals surface area (Å²) in [6.07, 6.45) is 9.23. The second-order valence-electron chi connectivity index (χ2n) is 7.26. The molecule has 4 saturated carbocycles. The smallest absolute Gasteiger partial charge is 0.195 e. The van der Waals surface area contributed by atoms with Crippen molar-refractivity contribution in [2.45, 2.75) is 57.3 Å². The van der Waals surface area contributed by atoms with Gasteiger partial charge in [-0.1, -0.05) is 0 Å². The van der Waals surface area contributed by atoms with Gasteiger partial charge in [0.15, 0.2) is 5.89 Å². The highest BCUT2D eigenvalue weighted by molar-refractivity contribution is 5.25. The normalized spacial score (nSPS) is 40.0. The van der Waals surface area contributed by atoms with E-state index < -0.39 is 0 Å². The molecular weight excluding hydrogens is 236 g/mol. The van der Waals surface area contributed by atoms with Crippen LogP contribution in [0.2, 0.25) is 0 Å². The third kappa shape index (κ3) is 1.78. The molecule has 0 aromatic carbocycles. The molecule has 2 N–H and O–H groups in total. The van der Waals surface area contributed by atoms with Gasteiger partial charge in [0.25, 0.3) is 0 Å². The molecule has 0 aliphatic heterocycles. The minimum Gasteiger partial charge on any atom is -0.445 e. The van der Waals surface area contributed by atoms with E-state index in [4.69, 9.17) is 10.2 Å². The van der Waals surface area contributed by atoms with Gasteiger partial charge in [0.2, 0.25) is 0 Å². The predicted octanol–water partition coefficient (Wildman–Crippen LogP) is 2.95. The average molecular weight is 260 g/mol. The maximum Gasteiger partial charge on any atom is 0.195 e. The van der Waals surface area contributed by atoms with Crippen molar-refractivity contribution in [1.82, 2.24) is 4.98 Å². The Hall–Kier alpha value is -0.830. The van der Waals surface area contributed by atoms with Crippen LogP contribution in [0.3, 0.4) is 0 Å². The van der Waals surface area contributed by atoms with Crippen molar-refractivity contribution in [3.63, 3.8) is 0 Å². The van der Waals surface area contributed by atoms with E-state index in [-0.39, 0.29) is 0 Å². The Morgan fingerprint density at radius 2 is 1.74 bits per heavy atom. The second-order valence-corrected chi connectivity index (χ2v) is 7.26. The van der Waals surface area contributed by atoms with Gasteiger partial charge in [0.05, 0.1) is 5.69 Å². The van der Waals surface area contributed by atoms with E-state index in [9.17, 15) is 0 Å². The maximum atomic E-state index is 6.15. The van der Waals surface area contributed by atoms with E-state index in [1.54, 1.807) is 0 Å². The van der Waals surface area contributed by atoms with Crippen LogP contribution in [0.1, 0.15) is 55.9 Å².